The Labute approximate surface area is 203 Å². The van der Waals surface area contributed by atoms with E-state index < -0.39 is 12.0 Å². The summed E-state index contributed by atoms with van der Waals surface area (Å²) in [4.78, 5) is 28.6. The number of hydrogen-bond acceptors (Lipinski definition) is 6. The van der Waals surface area contributed by atoms with Crippen LogP contribution in [0.2, 0.25) is 0 Å². The van der Waals surface area contributed by atoms with E-state index in [0.717, 1.165) is 5.56 Å². The molecule has 180 valence electrons. The number of para-hydroxylation sites is 1. The Bertz CT molecular complexity index is 1240. The fourth-order valence-electron chi connectivity index (χ4n) is 4.69. The number of nitrogens with one attached hydrogen (secondary N) is 1. The van der Waals surface area contributed by atoms with Gasteiger partial charge in [-0.15, -0.1) is 0 Å². The summed E-state index contributed by atoms with van der Waals surface area (Å²) in [5, 5.41) is 3.01. The number of nitrogens with zero attached hydrogens (tertiary/aromatic N) is 1. The fourth-order valence-corrected chi connectivity index (χ4v) is 4.69. The molecule has 1 fully saturated rings. The van der Waals surface area contributed by atoms with Crippen molar-refractivity contribution in [3.63, 3.8) is 0 Å². The molecule has 2 aliphatic rings. The van der Waals surface area contributed by atoms with E-state index in [0.29, 0.717) is 40.8 Å². The lowest BCUT2D eigenvalue weighted by atomic mass is 9.82. The van der Waals surface area contributed by atoms with Crippen molar-refractivity contribution in [1.82, 2.24) is 0 Å². The van der Waals surface area contributed by atoms with Gasteiger partial charge in [0.1, 0.15) is 11.5 Å². The monoisotopic (exact) mass is 474 g/mol. The number of carbonyl (C=O) groups excluding carboxylic acids is 2. The number of benzene rings is 3. The molecule has 0 unspecified atom stereocenters. The molecule has 2 amide bonds. The third kappa shape index (κ3) is 4.35. The zero-order valence-corrected chi connectivity index (χ0v) is 19.5. The quantitative estimate of drug-likeness (QED) is 0.564. The van der Waals surface area contributed by atoms with Crippen LogP contribution in [-0.4, -0.2) is 32.8 Å². The second-order valence-corrected chi connectivity index (χ2v) is 8.35. The topological polar surface area (TPSA) is 86.3 Å². The van der Waals surface area contributed by atoms with Gasteiger partial charge in [0.05, 0.1) is 26.2 Å². The van der Waals surface area contributed by atoms with Crippen molar-refractivity contribution >= 4 is 23.2 Å². The number of anilines is 2. The summed E-state index contributed by atoms with van der Waals surface area (Å²) in [6.07, 6.45) is 0.654. The molecule has 0 bridgehead atoms. The van der Waals surface area contributed by atoms with Gasteiger partial charge in [0, 0.05) is 29.4 Å². The van der Waals surface area contributed by atoms with Crippen LogP contribution >= 0.6 is 0 Å². The maximum atomic E-state index is 13.7. The van der Waals surface area contributed by atoms with Crippen molar-refractivity contribution in [2.45, 2.75) is 18.9 Å². The third-order valence-electron chi connectivity index (χ3n) is 6.38. The van der Waals surface area contributed by atoms with Crippen LogP contribution in [0, 0.1) is 5.92 Å². The summed E-state index contributed by atoms with van der Waals surface area (Å²) >= 11 is 0. The molecule has 2 atom stereocenters. The maximum Gasteiger partial charge on any atom is 0.231 e. The van der Waals surface area contributed by atoms with Crippen molar-refractivity contribution in [3.05, 3.63) is 72.3 Å². The molecule has 1 saturated heterocycles. The second-order valence-electron chi connectivity index (χ2n) is 8.35. The number of hydrogen-bond donors (Lipinski definition) is 1. The molecular formula is C27H26N2O6. The first-order chi connectivity index (χ1) is 17.1. The standard InChI is InChI=1S/C27H26N2O6/c1-32-19-10-8-18(9-11-19)29-25(30)14-12-21(26(29)20-5-3-4-6-22(20)33-2)27(31)28-17-7-13-23-24(15-17)35-16-34-23/h3-11,13,15,21,26H,12,14,16H2,1-2H3,(H,28,31)/t21-,26-/m0/s1. The van der Waals surface area contributed by atoms with Crippen molar-refractivity contribution < 1.29 is 28.5 Å². The maximum absolute atomic E-state index is 13.7. The van der Waals surface area contributed by atoms with E-state index in [1.807, 2.05) is 36.4 Å². The van der Waals surface area contributed by atoms with Crippen LogP contribution in [0.25, 0.3) is 0 Å². The summed E-state index contributed by atoms with van der Waals surface area (Å²) < 4.78 is 21.7. The van der Waals surface area contributed by atoms with E-state index in [2.05, 4.69) is 5.32 Å². The smallest absolute Gasteiger partial charge is 0.231 e. The van der Waals surface area contributed by atoms with Crippen LogP contribution < -0.4 is 29.2 Å². The van der Waals surface area contributed by atoms with Gasteiger partial charge in [0.2, 0.25) is 18.6 Å². The van der Waals surface area contributed by atoms with Gasteiger partial charge < -0.3 is 29.2 Å². The van der Waals surface area contributed by atoms with Crippen LogP contribution in [0.5, 0.6) is 23.0 Å². The predicted octanol–water partition coefficient (Wildman–Crippen LogP) is 4.56. The Kier molecular flexibility index (Phi) is 6.18. The zero-order chi connectivity index (χ0) is 24.4. The Morgan fingerprint density at radius 2 is 1.74 bits per heavy atom. The van der Waals surface area contributed by atoms with E-state index in [-0.39, 0.29) is 25.0 Å². The van der Waals surface area contributed by atoms with Gasteiger partial charge in [-0.3, -0.25) is 9.59 Å². The number of rotatable bonds is 6. The molecule has 0 spiro atoms. The number of ether oxygens (including phenoxy) is 4. The summed E-state index contributed by atoms with van der Waals surface area (Å²) in [5.74, 6) is 1.77. The molecule has 0 aromatic heterocycles. The van der Waals surface area contributed by atoms with Crippen LogP contribution in [0.3, 0.4) is 0 Å². The molecular weight excluding hydrogens is 448 g/mol. The summed E-state index contributed by atoms with van der Waals surface area (Å²) in [7, 11) is 3.18. The van der Waals surface area contributed by atoms with Gasteiger partial charge in [-0.1, -0.05) is 18.2 Å². The van der Waals surface area contributed by atoms with Gasteiger partial charge in [-0.05, 0) is 48.9 Å². The van der Waals surface area contributed by atoms with E-state index in [9.17, 15) is 9.59 Å². The lowest BCUT2D eigenvalue weighted by Gasteiger charge is -2.41. The van der Waals surface area contributed by atoms with Gasteiger partial charge in [0.15, 0.2) is 11.5 Å². The average molecular weight is 475 g/mol. The number of fused-ring (bicyclic) bond motifs is 1. The molecule has 2 heterocycles. The number of carbonyl (C=O) groups is 2. The number of amides is 2. The first kappa shape index (κ1) is 22.6. The highest BCUT2D eigenvalue weighted by Crippen LogP contribution is 2.44. The highest BCUT2D eigenvalue weighted by atomic mass is 16.7. The molecule has 0 radical (unpaired) electrons. The molecule has 3 aromatic carbocycles. The summed E-state index contributed by atoms with van der Waals surface area (Å²) in [5.41, 5.74) is 2.06. The molecule has 3 aromatic rings. The Morgan fingerprint density at radius 3 is 2.51 bits per heavy atom. The first-order valence-corrected chi connectivity index (χ1v) is 11.4. The van der Waals surface area contributed by atoms with Crippen LogP contribution in [0.15, 0.2) is 66.7 Å². The Balaban J connectivity index is 1.53. The van der Waals surface area contributed by atoms with Crippen molar-refractivity contribution in [2.24, 2.45) is 5.92 Å². The van der Waals surface area contributed by atoms with E-state index >= 15 is 0 Å². The molecule has 5 rings (SSSR count). The number of piperidine rings is 1. The molecule has 1 N–H and O–H groups in total. The minimum absolute atomic E-state index is 0.0572. The lowest BCUT2D eigenvalue weighted by Crippen LogP contribution is -2.47. The molecule has 8 nitrogen and oxygen atoms in total. The van der Waals surface area contributed by atoms with Gasteiger partial charge >= 0.3 is 0 Å². The fraction of sp³-hybridized carbons (Fsp3) is 0.259. The molecule has 35 heavy (non-hydrogen) atoms. The van der Waals surface area contributed by atoms with Gasteiger partial charge in [0.25, 0.3) is 0 Å². The number of methoxy groups -OCH3 is 2. The van der Waals surface area contributed by atoms with Crippen LogP contribution in [0.1, 0.15) is 24.4 Å². The molecule has 0 saturated carbocycles. The average Bonchev–Trinajstić information content (AvgIpc) is 3.36. The summed E-state index contributed by atoms with van der Waals surface area (Å²) in [6, 6.07) is 19.5. The predicted molar refractivity (Wildman–Crippen MR) is 130 cm³/mol. The zero-order valence-electron chi connectivity index (χ0n) is 19.5. The van der Waals surface area contributed by atoms with Crippen molar-refractivity contribution in [2.75, 3.05) is 31.2 Å². The van der Waals surface area contributed by atoms with Crippen molar-refractivity contribution in [3.8, 4) is 23.0 Å². The van der Waals surface area contributed by atoms with Crippen molar-refractivity contribution in [1.29, 1.82) is 0 Å². The lowest BCUT2D eigenvalue weighted by molar-refractivity contribution is -0.125. The second kappa shape index (κ2) is 9.58. The Hall–Kier alpha value is -4.20. The van der Waals surface area contributed by atoms with Gasteiger partial charge in [-0.25, -0.2) is 0 Å². The minimum Gasteiger partial charge on any atom is -0.497 e. The molecule has 8 heteroatoms. The van der Waals surface area contributed by atoms with E-state index in [1.165, 1.54) is 0 Å². The highest BCUT2D eigenvalue weighted by Gasteiger charge is 2.42. The molecule has 0 aliphatic carbocycles. The SMILES string of the molecule is COc1ccc(N2C(=O)CC[C@H](C(=O)Nc3ccc4c(c3)OCO4)[C@@H]2c2ccccc2OC)cc1. The first-order valence-electron chi connectivity index (χ1n) is 11.4. The minimum atomic E-state index is -0.560. The van der Waals surface area contributed by atoms with E-state index in [4.69, 9.17) is 18.9 Å². The van der Waals surface area contributed by atoms with Crippen LogP contribution in [0.4, 0.5) is 11.4 Å². The summed E-state index contributed by atoms with van der Waals surface area (Å²) in [6.45, 7) is 0.157. The van der Waals surface area contributed by atoms with Gasteiger partial charge in [-0.2, -0.15) is 0 Å². The normalized spacial score (nSPS) is 18.8. The third-order valence-corrected chi connectivity index (χ3v) is 6.38. The van der Waals surface area contributed by atoms with Crippen LogP contribution in [-0.2, 0) is 9.59 Å². The van der Waals surface area contributed by atoms with E-state index in [1.54, 1.807) is 49.5 Å². The molecule has 2 aliphatic heterocycles. The Morgan fingerprint density at radius 1 is 0.971 bits per heavy atom. The highest BCUT2D eigenvalue weighted by molar-refractivity contribution is 6.00. The largest absolute Gasteiger partial charge is 0.497 e.